The number of aromatic nitrogens is 2. The molecule has 1 heterocycles. The molecule has 0 radical (unpaired) electrons. The van der Waals surface area contributed by atoms with E-state index in [2.05, 4.69) is 4.98 Å². The lowest BCUT2D eigenvalue weighted by atomic mass is 10.2. The first-order valence-corrected chi connectivity index (χ1v) is 5.50. The van der Waals surface area contributed by atoms with Crippen LogP contribution in [0.3, 0.4) is 0 Å². The molecule has 0 spiro atoms. The highest BCUT2D eigenvalue weighted by atomic mass is 35.5. The predicted octanol–water partition coefficient (Wildman–Crippen LogP) is 2.41. The van der Waals surface area contributed by atoms with Gasteiger partial charge in [0.25, 0.3) is 0 Å². The molecule has 7 heteroatoms. The van der Waals surface area contributed by atoms with Crippen LogP contribution in [0.15, 0.2) is 18.2 Å². The molecule has 2 rings (SSSR count). The molecule has 1 aromatic heterocycles. The lowest BCUT2D eigenvalue weighted by molar-refractivity contribution is -0.137. The second-order valence-corrected chi connectivity index (χ2v) is 4.08. The molecule has 0 fully saturated rings. The summed E-state index contributed by atoms with van der Waals surface area (Å²) < 4.78 is 1.98. The number of nitrogens with two attached hydrogens (primary N) is 1. The van der Waals surface area contributed by atoms with Gasteiger partial charge in [0.05, 0.1) is 11.0 Å². The summed E-state index contributed by atoms with van der Waals surface area (Å²) in [5, 5.41) is 8.59. The van der Waals surface area contributed by atoms with Crippen LogP contribution in [0.2, 0.25) is 0 Å². The molecule has 1 aromatic carbocycles. The van der Waals surface area contributed by atoms with Gasteiger partial charge in [-0.1, -0.05) is 0 Å². The van der Waals surface area contributed by atoms with Crippen LogP contribution in [-0.2, 0) is 18.3 Å². The van der Waals surface area contributed by atoms with Crippen LogP contribution >= 0.6 is 24.8 Å². The number of imidazole rings is 1. The van der Waals surface area contributed by atoms with Crippen molar-refractivity contribution >= 4 is 47.5 Å². The van der Waals surface area contributed by atoms with Gasteiger partial charge in [-0.3, -0.25) is 4.79 Å². The molecule has 5 nitrogen and oxygen atoms in total. The number of aliphatic carboxylic acids is 1. The molecule has 0 aliphatic carbocycles. The first-order chi connectivity index (χ1) is 8.08. The molecular weight excluding hydrogens is 289 g/mol. The summed E-state index contributed by atoms with van der Waals surface area (Å²) in [5.74, 6) is 0.125. The smallest absolute Gasteiger partial charge is 0.303 e. The molecule has 0 saturated carbocycles. The van der Waals surface area contributed by atoms with E-state index in [9.17, 15) is 4.79 Å². The van der Waals surface area contributed by atoms with Crippen molar-refractivity contribution in [2.24, 2.45) is 7.05 Å². The number of halogens is 2. The normalized spacial score (nSPS) is 9.74. The van der Waals surface area contributed by atoms with Gasteiger partial charge in [-0.05, 0) is 24.6 Å². The van der Waals surface area contributed by atoms with E-state index in [0.717, 1.165) is 16.9 Å². The number of carbonyl (C=O) groups is 1. The van der Waals surface area contributed by atoms with Gasteiger partial charge in [0.2, 0.25) is 0 Å². The Balaban J connectivity index is 0.00000162. The highest BCUT2D eigenvalue weighted by Gasteiger charge is 2.08. The van der Waals surface area contributed by atoms with Crippen LogP contribution in [-0.4, -0.2) is 20.6 Å². The van der Waals surface area contributed by atoms with Crippen molar-refractivity contribution in [3.8, 4) is 0 Å². The van der Waals surface area contributed by atoms with Crippen LogP contribution in [0.25, 0.3) is 11.0 Å². The van der Waals surface area contributed by atoms with Crippen molar-refractivity contribution in [2.75, 3.05) is 5.73 Å². The average molecular weight is 306 g/mol. The Morgan fingerprint density at radius 1 is 1.42 bits per heavy atom. The minimum atomic E-state index is -0.770. The minimum Gasteiger partial charge on any atom is -0.481 e. The first-order valence-electron chi connectivity index (χ1n) is 5.50. The molecule has 106 valence electrons. The van der Waals surface area contributed by atoms with Crippen molar-refractivity contribution < 1.29 is 9.90 Å². The topological polar surface area (TPSA) is 81.1 Å². The van der Waals surface area contributed by atoms with Crippen LogP contribution in [0.1, 0.15) is 18.7 Å². The summed E-state index contributed by atoms with van der Waals surface area (Å²) in [6.07, 6.45) is 1.44. The number of nitrogen functional groups attached to an aromatic ring is 1. The van der Waals surface area contributed by atoms with Gasteiger partial charge >= 0.3 is 5.97 Å². The third kappa shape index (κ3) is 4.01. The number of carboxylic acids is 1. The fourth-order valence-corrected chi connectivity index (χ4v) is 1.89. The van der Waals surface area contributed by atoms with E-state index in [1.807, 2.05) is 29.8 Å². The lowest BCUT2D eigenvalue weighted by Gasteiger charge is -2.00. The van der Waals surface area contributed by atoms with Gasteiger partial charge in [0.1, 0.15) is 5.82 Å². The quantitative estimate of drug-likeness (QED) is 0.850. The number of benzene rings is 1. The molecule has 3 N–H and O–H groups in total. The number of hydrogen-bond acceptors (Lipinski definition) is 3. The first kappa shape index (κ1) is 17.5. The highest BCUT2D eigenvalue weighted by molar-refractivity contribution is 5.85. The Bertz CT molecular complexity index is 569. The molecule has 19 heavy (non-hydrogen) atoms. The van der Waals surface area contributed by atoms with Crippen LogP contribution in [0.4, 0.5) is 5.69 Å². The summed E-state index contributed by atoms with van der Waals surface area (Å²) in [4.78, 5) is 14.9. The standard InChI is InChI=1S/C12H15N3O2.2ClH/c1-15-10-6-5-8(13)7-9(10)14-11(15)3-2-4-12(16)17;;/h5-7H,2-4,13H2,1H3,(H,16,17);2*1H. The Morgan fingerprint density at radius 2 is 2.11 bits per heavy atom. The molecular formula is C12H17Cl2N3O2. The zero-order valence-corrected chi connectivity index (χ0v) is 12.1. The minimum absolute atomic E-state index is 0. The molecule has 0 amide bonds. The lowest BCUT2D eigenvalue weighted by Crippen LogP contribution is -2.01. The molecule has 0 bridgehead atoms. The zero-order valence-electron chi connectivity index (χ0n) is 10.5. The number of nitrogens with zero attached hydrogens (tertiary/aromatic N) is 2. The molecule has 0 aliphatic heterocycles. The number of fused-ring (bicyclic) bond motifs is 1. The number of carboxylic acid groups (broad SMARTS) is 1. The molecule has 0 unspecified atom stereocenters. The van der Waals surface area contributed by atoms with Gasteiger partial charge in [-0.25, -0.2) is 4.98 Å². The molecule has 2 aromatic rings. The second kappa shape index (κ2) is 7.21. The molecule has 0 aliphatic rings. The summed E-state index contributed by atoms with van der Waals surface area (Å²) in [7, 11) is 1.93. The zero-order chi connectivity index (χ0) is 12.4. The monoisotopic (exact) mass is 305 g/mol. The maximum Gasteiger partial charge on any atom is 0.303 e. The Hall–Kier alpha value is -1.46. The Kier molecular flexibility index (Phi) is 6.65. The van der Waals surface area contributed by atoms with Crippen LogP contribution in [0.5, 0.6) is 0 Å². The van der Waals surface area contributed by atoms with Gasteiger partial charge in [0.15, 0.2) is 0 Å². The van der Waals surface area contributed by atoms with E-state index in [4.69, 9.17) is 10.8 Å². The van der Waals surface area contributed by atoms with Gasteiger partial charge in [-0.2, -0.15) is 0 Å². The van der Waals surface area contributed by atoms with Crippen LogP contribution < -0.4 is 5.73 Å². The van der Waals surface area contributed by atoms with E-state index in [1.54, 1.807) is 0 Å². The Morgan fingerprint density at radius 3 is 2.74 bits per heavy atom. The van der Waals surface area contributed by atoms with E-state index >= 15 is 0 Å². The van der Waals surface area contributed by atoms with Crippen molar-refractivity contribution in [3.63, 3.8) is 0 Å². The second-order valence-electron chi connectivity index (χ2n) is 4.08. The van der Waals surface area contributed by atoms with Crippen molar-refractivity contribution in [2.45, 2.75) is 19.3 Å². The van der Waals surface area contributed by atoms with Gasteiger partial charge < -0.3 is 15.4 Å². The highest BCUT2D eigenvalue weighted by Crippen LogP contribution is 2.18. The maximum atomic E-state index is 10.4. The summed E-state index contributed by atoms with van der Waals surface area (Å²) in [6.45, 7) is 0. The summed E-state index contributed by atoms with van der Waals surface area (Å²) >= 11 is 0. The summed E-state index contributed by atoms with van der Waals surface area (Å²) in [5.41, 5.74) is 8.26. The third-order valence-corrected chi connectivity index (χ3v) is 2.79. The molecule has 0 atom stereocenters. The van der Waals surface area contributed by atoms with E-state index in [-0.39, 0.29) is 31.2 Å². The van der Waals surface area contributed by atoms with Gasteiger partial charge in [-0.15, -0.1) is 24.8 Å². The molecule has 0 saturated heterocycles. The van der Waals surface area contributed by atoms with Gasteiger partial charge in [0, 0.05) is 25.6 Å². The third-order valence-electron chi connectivity index (χ3n) is 2.79. The Labute approximate surface area is 123 Å². The fraction of sp³-hybridized carbons (Fsp3) is 0.333. The van der Waals surface area contributed by atoms with E-state index < -0.39 is 5.97 Å². The maximum absolute atomic E-state index is 10.4. The summed E-state index contributed by atoms with van der Waals surface area (Å²) in [6, 6.07) is 5.60. The van der Waals surface area contributed by atoms with E-state index in [0.29, 0.717) is 18.5 Å². The number of hydrogen-bond donors (Lipinski definition) is 2. The average Bonchev–Trinajstić information content (AvgIpc) is 2.55. The fourth-order valence-electron chi connectivity index (χ4n) is 1.89. The number of rotatable bonds is 4. The van der Waals surface area contributed by atoms with Crippen molar-refractivity contribution in [1.29, 1.82) is 0 Å². The predicted molar refractivity (Wildman–Crippen MR) is 80.2 cm³/mol. The number of anilines is 1. The largest absolute Gasteiger partial charge is 0.481 e. The number of aryl methyl sites for hydroxylation is 2. The van der Waals surface area contributed by atoms with Crippen molar-refractivity contribution in [1.82, 2.24) is 9.55 Å². The van der Waals surface area contributed by atoms with Crippen molar-refractivity contribution in [3.05, 3.63) is 24.0 Å². The van der Waals surface area contributed by atoms with E-state index in [1.165, 1.54) is 0 Å². The van der Waals surface area contributed by atoms with Crippen LogP contribution in [0, 0.1) is 0 Å². The SMILES string of the molecule is Cl.Cl.Cn1c(CCCC(=O)O)nc2cc(N)ccc21.